The van der Waals surface area contributed by atoms with E-state index in [1.807, 2.05) is 12.1 Å². The molecule has 2 aromatic carbocycles. The van der Waals surface area contributed by atoms with Crippen LogP contribution in [0.5, 0.6) is 11.5 Å². The third-order valence-electron chi connectivity index (χ3n) is 4.81. The van der Waals surface area contributed by atoms with Crippen LogP contribution in [0, 0.1) is 0 Å². The molecule has 4 rings (SSSR count). The van der Waals surface area contributed by atoms with Gasteiger partial charge in [-0.15, -0.1) is 0 Å². The molecule has 1 saturated heterocycles. The predicted octanol–water partition coefficient (Wildman–Crippen LogP) is 4.40. The fraction of sp³-hybridized carbons (Fsp3) is 0.333. The molecule has 0 saturated carbocycles. The van der Waals surface area contributed by atoms with Gasteiger partial charge in [0.15, 0.2) is 11.5 Å². The SMILES string of the molecule is COc1cc2c(Nc3cc(Cl)cc(Cl)c3)ncnc2cc1OCC1CN(C)CCO1. The summed E-state index contributed by atoms with van der Waals surface area (Å²) in [5.41, 5.74) is 1.45. The summed E-state index contributed by atoms with van der Waals surface area (Å²) >= 11 is 12.2. The van der Waals surface area contributed by atoms with Crippen molar-refractivity contribution in [2.45, 2.75) is 6.10 Å². The molecule has 1 atom stereocenters. The lowest BCUT2D eigenvalue weighted by Gasteiger charge is -2.30. The van der Waals surface area contributed by atoms with E-state index in [9.17, 15) is 0 Å². The minimum absolute atomic E-state index is 0.0133. The van der Waals surface area contributed by atoms with Crippen LogP contribution in [0.25, 0.3) is 10.9 Å². The van der Waals surface area contributed by atoms with Crippen molar-refractivity contribution in [3.63, 3.8) is 0 Å². The van der Waals surface area contributed by atoms with Gasteiger partial charge in [0.1, 0.15) is 24.9 Å². The molecule has 1 fully saturated rings. The number of rotatable bonds is 6. The second-order valence-electron chi connectivity index (χ2n) is 7.09. The molecule has 1 aliphatic heterocycles. The fourth-order valence-corrected chi connectivity index (χ4v) is 3.88. The first kappa shape index (κ1) is 20.9. The molecule has 158 valence electrons. The molecule has 30 heavy (non-hydrogen) atoms. The number of benzene rings is 2. The highest BCUT2D eigenvalue weighted by Crippen LogP contribution is 2.35. The van der Waals surface area contributed by atoms with Crippen LogP contribution in [-0.4, -0.2) is 61.4 Å². The van der Waals surface area contributed by atoms with Crippen molar-refractivity contribution in [2.24, 2.45) is 0 Å². The summed E-state index contributed by atoms with van der Waals surface area (Å²) in [6, 6.07) is 8.92. The Morgan fingerprint density at radius 1 is 1.13 bits per heavy atom. The van der Waals surface area contributed by atoms with Crippen LogP contribution in [0.15, 0.2) is 36.7 Å². The number of anilines is 2. The molecule has 1 unspecified atom stereocenters. The zero-order valence-corrected chi connectivity index (χ0v) is 18.2. The summed E-state index contributed by atoms with van der Waals surface area (Å²) < 4.78 is 17.3. The lowest BCUT2D eigenvalue weighted by Crippen LogP contribution is -2.42. The molecule has 0 spiro atoms. The lowest BCUT2D eigenvalue weighted by atomic mass is 10.2. The number of likely N-dealkylation sites (N-methyl/N-ethyl adjacent to an activating group) is 1. The first-order chi connectivity index (χ1) is 14.5. The summed E-state index contributed by atoms with van der Waals surface area (Å²) in [4.78, 5) is 11.0. The molecule has 2 heterocycles. The van der Waals surface area contributed by atoms with Crippen molar-refractivity contribution in [1.29, 1.82) is 0 Å². The van der Waals surface area contributed by atoms with Crippen LogP contribution in [0.1, 0.15) is 0 Å². The Morgan fingerprint density at radius 3 is 2.67 bits per heavy atom. The van der Waals surface area contributed by atoms with E-state index in [0.717, 1.165) is 29.7 Å². The van der Waals surface area contributed by atoms with Crippen molar-refractivity contribution in [3.05, 3.63) is 46.7 Å². The molecular formula is C21H22Cl2N4O3. The van der Waals surface area contributed by atoms with E-state index < -0.39 is 0 Å². The quantitative estimate of drug-likeness (QED) is 0.598. The summed E-state index contributed by atoms with van der Waals surface area (Å²) in [7, 11) is 3.68. The van der Waals surface area contributed by atoms with Crippen LogP contribution >= 0.6 is 23.2 Å². The number of ether oxygens (including phenoxy) is 3. The zero-order valence-electron chi connectivity index (χ0n) is 16.7. The van der Waals surface area contributed by atoms with Crippen molar-refractivity contribution in [1.82, 2.24) is 14.9 Å². The van der Waals surface area contributed by atoms with E-state index in [2.05, 4.69) is 27.2 Å². The van der Waals surface area contributed by atoms with Gasteiger partial charge in [0, 0.05) is 40.3 Å². The number of nitrogens with zero attached hydrogens (tertiary/aromatic N) is 3. The number of nitrogens with one attached hydrogen (secondary N) is 1. The number of hydrogen-bond donors (Lipinski definition) is 1. The Kier molecular flexibility index (Phi) is 6.43. The molecular weight excluding hydrogens is 427 g/mol. The molecule has 0 bridgehead atoms. The Labute approximate surface area is 184 Å². The Bertz CT molecular complexity index is 1030. The van der Waals surface area contributed by atoms with Crippen LogP contribution in [0.3, 0.4) is 0 Å². The maximum atomic E-state index is 6.10. The minimum atomic E-state index is 0.0133. The standard InChI is InChI=1S/C21H22Cl2N4O3/c1-27-3-4-29-16(10-27)11-30-20-9-18-17(8-19(20)28-2)21(25-12-24-18)26-15-6-13(22)5-14(23)7-15/h5-9,12,16H,3-4,10-11H2,1-2H3,(H,24,25,26). The van der Waals surface area contributed by atoms with Gasteiger partial charge in [0.25, 0.3) is 0 Å². The van der Waals surface area contributed by atoms with Crippen LogP contribution in [0.2, 0.25) is 10.0 Å². The van der Waals surface area contributed by atoms with Crippen molar-refractivity contribution < 1.29 is 14.2 Å². The summed E-state index contributed by atoms with van der Waals surface area (Å²) in [6.07, 6.45) is 1.51. The minimum Gasteiger partial charge on any atom is -0.493 e. The first-order valence-corrected chi connectivity index (χ1v) is 10.3. The van der Waals surface area contributed by atoms with Gasteiger partial charge in [-0.2, -0.15) is 0 Å². The number of halogens is 2. The molecule has 9 heteroatoms. The average molecular weight is 449 g/mol. The Morgan fingerprint density at radius 2 is 1.93 bits per heavy atom. The number of morpholine rings is 1. The second-order valence-corrected chi connectivity index (χ2v) is 7.96. The molecule has 7 nitrogen and oxygen atoms in total. The van der Waals surface area contributed by atoms with Gasteiger partial charge in [0.05, 0.1) is 19.2 Å². The number of aromatic nitrogens is 2. The molecule has 0 amide bonds. The van der Waals surface area contributed by atoms with Gasteiger partial charge >= 0.3 is 0 Å². The number of methoxy groups -OCH3 is 1. The van der Waals surface area contributed by atoms with Gasteiger partial charge in [-0.25, -0.2) is 9.97 Å². The smallest absolute Gasteiger partial charge is 0.163 e. The molecule has 0 aliphatic carbocycles. The third kappa shape index (κ3) is 4.87. The van der Waals surface area contributed by atoms with Gasteiger partial charge in [-0.05, 0) is 31.3 Å². The van der Waals surface area contributed by atoms with Crippen LogP contribution < -0.4 is 14.8 Å². The highest BCUT2D eigenvalue weighted by molar-refractivity contribution is 6.35. The Balaban J connectivity index is 1.60. The molecule has 1 aromatic heterocycles. The maximum absolute atomic E-state index is 6.10. The monoisotopic (exact) mass is 448 g/mol. The molecule has 3 aromatic rings. The maximum Gasteiger partial charge on any atom is 0.163 e. The third-order valence-corrected chi connectivity index (χ3v) is 5.25. The zero-order chi connectivity index (χ0) is 21.1. The number of hydrogen-bond acceptors (Lipinski definition) is 7. The average Bonchev–Trinajstić information content (AvgIpc) is 2.71. The number of fused-ring (bicyclic) bond motifs is 1. The van der Waals surface area contributed by atoms with Gasteiger partial charge in [-0.1, -0.05) is 23.2 Å². The van der Waals surface area contributed by atoms with E-state index in [-0.39, 0.29) is 6.10 Å². The van der Waals surface area contributed by atoms with Crippen molar-refractivity contribution in [3.8, 4) is 11.5 Å². The van der Waals surface area contributed by atoms with Gasteiger partial charge in [-0.3, -0.25) is 0 Å². The first-order valence-electron chi connectivity index (χ1n) is 9.50. The normalized spacial score (nSPS) is 17.1. The van der Waals surface area contributed by atoms with E-state index in [1.165, 1.54) is 6.33 Å². The molecule has 1 N–H and O–H groups in total. The summed E-state index contributed by atoms with van der Waals surface area (Å²) in [6.45, 7) is 2.90. The van der Waals surface area contributed by atoms with E-state index in [0.29, 0.717) is 40.6 Å². The van der Waals surface area contributed by atoms with Crippen molar-refractivity contribution in [2.75, 3.05) is 45.8 Å². The topological polar surface area (TPSA) is 68.7 Å². The molecule has 1 aliphatic rings. The lowest BCUT2D eigenvalue weighted by molar-refractivity contribution is -0.0406. The summed E-state index contributed by atoms with van der Waals surface area (Å²) in [5, 5.41) is 5.10. The van der Waals surface area contributed by atoms with E-state index >= 15 is 0 Å². The van der Waals surface area contributed by atoms with Gasteiger partial charge in [0.2, 0.25) is 0 Å². The highest BCUT2D eigenvalue weighted by atomic mass is 35.5. The predicted molar refractivity (Wildman–Crippen MR) is 119 cm³/mol. The van der Waals surface area contributed by atoms with Crippen LogP contribution in [0.4, 0.5) is 11.5 Å². The summed E-state index contributed by atoms with van der Waals surface area (Å²) in [5.74, 6) is 1.81. The fourth-order valence-electron chi connectivity index (χ4n) is 3.35. The second kappa shape index (κ2) is 9.22. The molecule has 0 radical (unpaired) electrons. The Hall–Kier alpha value is -2.32. The van der Waals surface area contributed by atoms with Gasteiger partial charge < -0.3 is 24.4 Å². The van der Waals surface area contributed by atoms with E-state index in [4.69, 9.17) is 37.4 Å². The van der Waals surface area contributed by atoms with E-state index in [1.54, 1.807) is 25.3 Å². The largest absolute Gasteiger partial charge is 0.493 e. The van der Waals surface area contributed by atoms with Crippen LogP contribution in [-0.2, 0) is 4.74 Å². The van der Waals surface area contributed by atoms with Crippen molar-refractivity contribution >= 4 is 45.6 Å². The highest BCUT2D eigenvalue weighted by Gasteiger charge is 2.20.